The summed E-state index contributed by atoms with van der Waals surface area (Å²) in [7, 11) is 0. The summed E-state index contributed by atoms with van der Waals surface area (Å²) in [6.07, 6.45) is 1.63. The van der Waals surface area contributed by atoms with Crippen LogP contribution in [0.1, 0.15) is 12.5 Å². The molecule has 1 aromatic rings. The van der Waals surface area contributed by atoms with Crippen molar-refractivity contribution >= 4 is 5.82 Å². The third-order valence-corrected chi connectivity index (χ3v) is 1.23. The molecule has 0 fully saturated rings. The van der Waals surface area contributed by atoms with E-state index < -0.39 is 0 Å². The maximum atomic E-state index is 8.44. The predicted molar refractivity (Wildman–Crippen MR) is 37.0 cm³/mol. The minimum absolute atomic E-state index is 0.310. The summed E-state index contributed by atoms with van der Waals surface area (Å²) in [5.74, 6) is 0.310. The van der Waals surface area contributed by atoms with Crippen LogP contribution >= 0.6 is 0 Å². The Morgan fingerprint density at radius 2 is 2.60 bits per heavy atom. The number of nitrogens with zero attached hydrogens (tertiary/aromatic N) is 3. The molecule has 1 rings (SSSR count). The molecule has 4 heteroatoms. The Morgan fingerprint density at radius 1 is 1.90 bits per heavy atom. The van der Waals surface area contributed by atoms with Gasteiger partial charge >= 0.3 is 0 Å². The van der Waals surface area contributed by atoms with Gasteiger partial charge in [0.15, 0.2) is 5.82 Å². The quantitative estimate of drug-likeness (QED) is 0.606. The second-order valence-corrected chi connectivity index (χ2v) is 1.90. The summed E-state index contributed by atoms with van der Waals surface area (Å²) in [4.78, 5) is 0. The predicted octanol–water partition coefficient (Wildman–Crippen LogP) is 0.357. The van der Waals surface area contributed by atoms with E-state index in [1.165, 1.54) is 0 Å². The second-order valence-electron chi connectivity index (χ2n) is 1.90. The van der Waals surface area contributed by atoms with Crippen LogP contribution in [0.25, 0.3) is 0 Å². The monoisotopic (exact) mass is 136 g/mol. The van der Waals surface area contributed by atoms with Crippen molar-refractivity contribution in [2.24, 2.45) is 0 Å². The first-order valence-electron chi connectivity index (χ1n) is 3.01. The van der Waals surface area contributed by atoms with Gasteiger partial charge in [0.1, 0.15) is 11.6 Å². The van der Waals surface area contributed by atoms with Crippen molar-refractivity contribution in [3.8, 4) is 6.07 Å². The zero-order valence-corrected chi connectivity index (χ0v) is 5.70. The molecule has 10 heavy (non-hydrogen) atoms. The molecular formula is C6H8N4. The number of nitriles is 1. The Bertz CT molecular complexity index is 268. The van der Waals surface area contributed by atoms with Gasteiger partial charge in [-0.15, -0.1) is 0 Å². The summed E-state index contributed by atoms with van der Waals surface area (Å²) >= 11 is 0. The van der Waals surface area contributed by atoms with E-state index in [-0.39, 0.29) is 0 Å². The van der Waals surface area contributed by atoms with Crippen molar-refractivity contribution in [3.05, 3.63) is 11.8 Å². The Labute approximate surface area is 58.9 Å². The molecule has 0 unspecified atom stereocenters. The summed E-state index contributed by atoms with van der Waals surface area (Å²) in [5.41, 5.74) is 5.82. The van der Waals surface area contributed by atoms with Crippen LogP contribution in [0.3, 0.4) is 0 Å². The topological polar surface area (TPSA) is 67.6 Å². The average Bonchev–Trinajstić information content (AvgIpc) is 2.30. The molecule has 0 amide bonds. The lowest BCUT2D eigenvalue weighted by Crippen LogP contribution is -1.95. The number of rotatable bonds is 1. The van der Waals surface area contributed by atoms with Gasteiger partial charge in [0.2, 0.25) is 0 Å². The van der Waals surface area contributed by atoms with E-state index in [0.29, 0.717) is 11.4 Å². The smallest absolute Gasteiger partial charge is 0.163 e. The summed E-state index contributed by atoms with van der Waals surface area (Å²) in [5, 5.41) is 12.3. The van der Waals surface area contributed by atoms with Crippen LogP contribution < -0.4 is 5.73 Å². The molecule has 0 aromatic carbocycles. The standard InChI is InChI=1S/C6H8N4/c1-2-10-4-5(3-7)6(8)9-10/h4H,2H2,1H3,(H2,8,9). The van der Waals surface area contributed by atoms with E-state index in [1.807, 2.05) is 13.0 Å². The lowest BCUT2D eigenvalue weighted by atomic mass is 10.4. The molecule has 0 radical (unpaired) electrons. The van der Waals surface area contributed by atoms with Crippen molar-refractivity contribution in [1.82, 2.24) is 9.78 Å². The summed E-state index contributed by atoms with van der Waals surface area (Å²) < 4.78 is 1.63. The van der Waals surface area contributed by atoms with Crippen molar-refractivity contribution in [3.63, 3.8) is 0 Å². The van der Waals surface area contributed by atoms with Crippen molar-refractivity contribution in [1.29, 1.82) is 5.26 Å². The van der Waals surface area contributed by atoms with E-state index >= 15 is 0 Å². The highest BCUT2D eigenvalue weighted by atomic mass is 15.3. The van der Waals surface area contributed by atoms with Crippen molar-refractivity contribution < 1.29 is 0 Å². The number of aryl methyl sites for hydroxylation is 1. The maximum absolute atomic E-state index is 8.44. The molecule has 4 nitrogen and oxygen atoms in total. The molecule has 0 aliphatic rings. The number of nitrogens with two attached hydrogens (primary N) is 1. The number of hydrogen-bond donors (Lipinski definition) is 1. The van der Waals surface area contributed by atoms with Gasteiger partial charge in [-0.2, -0.15) is 10.4 Å². The maximum Gasteiger partial charge on any atom is 0.163 e. The molecule has 0 spiro atoms. The molecule has 0 aliphatic heterocycles. The van der Waals surface area contributed by atoms with E-state index in [1.54, 1.807) is 10.9 Å². The molecule has 1 heterocycles. The fraction of sp³-hybridized carbons (Fsp3) is 0.333. The van der Waals surface area contributed by atoms with Crippen LogP contribution in [0.15, 0.2) is 6.20 Å². The van der Waals surface area contributed by atoms with Gasteiger partial charge in [-0.25, -0.2) is 0 Å². The van der Waals surface area contributed by atoms with Gasteiger partial charge in [0.25, 0.3) is 0 Å². The first kappa shape index (κ1) is 6.62. The van der Waals surface area contributed by atoms with Crippen LogP contribution in [0.4, 0.5) is 5.82 Å². The zero-order valence-electron chi connectivity index (χ0n) is 5.70. The van der Waals surface area contributed by atoms with Crippen LogP contribution in [0.2, 0.25) is 0 Å². The molecule has 0 bridgehead atoms. The van der Waals surface area contributed by atoms with E-state index in [0.717, 1.165) is 6.54 Å². The van der Waals surface area contributed by atoms with Crippen LogP contribution in [0, 0.1) is 11.3 Å². The highest BCUT2D eigenvalue weighted by Gasteiger charge is 2.01. The van der Waals surface area contributed by atoms with Crippen LogP contribution in [-0.2, 0) is 6.54 Å². The number of nitrogen functional groups attached to an aromatic ring is 1. The first-order valence-corrected chi connectivity index (χ1v) is 3.01. The number of hydrogen-bond acceptors (Lipinski definition) is 3. The zero-order chi connectivity index (χ0) is 7.56. The second kappa shape index (κ2) is 2.40. The Hall–Kier alpha value is -1.50. The van der Waals surface area contributed by atoms with Crippen molar-refractivity contribution in [2.45, 2.75) is 13.5 Å². The summed E-state index contributed by atoms with van der Waals surface area (Å²) in [6, 6.07) is 1.94. The Balaban J connectivity index is 3.07. The van der Waals surface area contributed by atoms with Gasteiger partial charge in [-0.3, -0.25) is 4.68 Å². The van der Waals surface area contributed by atoms with E-state index in [4.69, 9.17) is 11.0 Å². The Kier molecular flexibility index (Phi) is 1.59. The molecule has 52 valence electrons. The van der Waals surface area contributed by atoms with Crippen LogP contribution in [-0.4, -0.2) is 9.78 Å². The van der Waals surface area contributed by atoms with E-state index in [9.17, 15) is 0 Å². The highest BCUT2D eigenvalue weighted by molar-refractivity contribution is 5.46. The molecule has 2 N–H and O–H groups in total. The van der Waals surface area contributed by atoms with Gasteiger partial charge in [-0.1, -0.05) is 0 Å². The molecule has 0 aliphatic carbocycles. The van der Waals surface area contributed by atoms with Gasteiger partial charge in [0, 0.05) is 12.7 Å². The lowest BCUT2D eigenvalue weighted by molar-refractivity contribution is 0.663. The average molecular weight is 136 g/mol. The lowest BCUT2D eigenvalue weighted by Gasteiger charge is -1.88. The fourth-order valence-electron chi connectivity index (χ4n) is 0.684. The molecule has 0 saturated carbocycles. The van der Waals surface area contributed by atoms with E-state index in [2.05, 4.69) is 5.10 Å². The third kappa shape index (κ3) is 0.935. The van der Waals surface area contributed by atoms with Gasteiger partial charge in [0.05, 0.1) is 0 Å². The Morgan fingerprint density at radius 3 is 2.90 bits per heavy atom. The van der Waals surface area contributed by atoms with Crippen LogP contribution in [0.5, 0.6) is 0 Å². The molecular weight excluding hydrogens is 128 g/mol. The fourth-order valence-corrected chi connectivity index (χ4v) is 0.684. The molecule has 1 aromatic heterocycles. The number of anilines is 1. The molecule has 0 atom stereocenters. The van der Waals surface area contributed by atoms with Gasteiger partial charge < -0.3 is 5.73 Å². The third-order valence-electron chi connectivity index (χ3n) is 1.23. The minimum Gasteiger partial charge on any atom is -0.381 e. The summed E-state index contributed by atoms with van der Waals surface area (Å²) in [6.45, 7) is 2.68. The minimum atomic E-state index is 0.310. The first-order chi connectivity index (χ1) is 4.77. The normalized spacial score (nSPS) is 9.20. The highest BCUT2D eigenvalue weighted by Crippen LogP contribution is 2.05. The number of aromatic nitrogens is 2. The van der Waals surface area contributed by atoms with Crippen molar-refractivity contribution in [2.75, 3.05) is 5.73 Å². The van der Waals surface area contributed by atoms with Gasteiger partial charge in [-0.05, 0) is 6.92 Å². The molecule has 0 saturated heterocycles. The SMILES string of the molecule is CCn1cc(C#N)c(N)n1. The largest absolute Gasteiger partial charge is 0.381 e.